The maximum Gasteiger partial charge on any atom is 0.573 e. The van der Waals surface area contributed by atoms with E-state index in [9.17, 15) is 18.0 Å². The van der Waals surface area contributed by atoms with Crippen molar-refractivity contribution in [2.75, 3.05) is 6.61 Å². The Morgan fingerprint density at radius 1 is 0.919 bits per heavy atom. The molecule has 1 aliphatic carbocycles. The predicted molar refractivity (Wildman–Crippen MR) is 133 cm³/mol. The zero-order valence-electron chi connectivity index (χ0n) is 20.1. The van der Waals surface area contributed by atoms with Crippen LogP contribution in [-0.2, 0) is 11.2 Å². The molecule has 1 fully saturated rings. The Morgan fingerprint density at radius 3 is 2.30 bits per heavy atom. The summed E-state index contributed by atoms with van der Waals surface area (Å²) in [5.74, 6) is -0.208. The van der Waals surface area contributed by atoms with E-state index in [4.69, 9.17) is 4.74 Å². The lowest BCUT2D eigenvalue weighted by Gasteiger charge is -2.33. The lowest BCUT2D eigenvalue weighted by Crippen LogP contribution is -2.44. The van der Waals surface area contributed by atoms with Gasteiger partial charge in [-0.25, -0.2) is 4.79 Å². The minimum Gasteiger partial charge on any atom is -0.448 e. The number of hydrogen-bond donors (Lipinski definition) is 0. The first-order chi connectivity index (χ1) is 17.9. The molecule has 0 N–H and O–H groups in total. The maximum absolute atomic E-state index is 13.2. The average Bonchev–Trinajstić information content (AvgIpc) is 3.33. The highest BCUT2D eigenvalue weighted by molar-refractivity contribution is 5.79. The van der Waals surface area contributed by atoms with Crippen LogP contribution in [0.4, 0.5) is 18.0 Å². The predicted octanol–water partition coefficient (Wildman–Crippen LogP) is 7.24. The van der Waals surface area contributed by atoms with Gasteiger partial charge in [0.05, 0.1) is 6.04 Å². The second-order valence-electron chi connectivity index (χ2n) is 9.91. The monoisotopic (exact) mass is 505 g/mol. The van der Waals surface area contributed by atoms with Crippen LogP contribution in [0, 0.1) is 0 Å². The molecule has 1 saturated heterocycles. The number of fused-ring (bicyclic) bond motifs is 5. The standard InChI is InChI=1S/C30H26F3NO3/c31-30(32,33)37-23-7-5-6-19(17-23)14-20-15-21-12-13-22(16-20)34(21)29(35)36-18-28-26-10-3-1-8-24(26)25-9-2-4-11-27(25)28/h1-11,15,17,21-22,28H,12-14,16,18H2. The van der Waals surface area contributed by atoms with Gasteiger partial charge in [0.25, 0.3) is 0 Å². The summed E-state index contributed by atoms with van der Waals surface area (Å²) >= 11 is 0. The molecule has 1 amide bonds. The molecule has 6 rings (SSSR count). The first-order valence-electron chi connectivity index (χ1n) is 12.5. The second kappa shape index (κ2) is 9.29. The summed E-state index contributed by atoms with van der Waals surface area (Å²) in [6.07, 6.45) is 0.0196. The Morgan fingerprint density at radius 2 is 1.62 bits per heavy atom. The van der Waals surface area contributed by atoms with Crippen LogP contribution in [0.15, 0.2) is 84.4 Å². The first kappa shape index (κ1) is 23.6. The Hall–Kier alpha value is -3.74. The van der Waals surface area contributed by atoms with Crippen molar-refractivity contribution in [2.24, 2.45) is 0 Å². The van der Waals surface area contributed by atoms with Gasteiger partial charge >= 0.3 is 12.5 Å². The third-order valence-electron chi connectivity index (χ3n) is 7.58. The van der Waals surface area contributed by atoms with Crippen molar-refractivity contribution in [3.63, 3.8) is 0 Å². The van der Waals surface area contributed by atoms with Gasteiger partial charge in [-0.3, -0.25) is 4.90 Å². The van der Waals surface area contributed by atoms with Gasteiger partial charge in [-0.1, -0.05) is 72.3 Å². The van der Waals surface area contributed by atoms with Crippen molar-refractivity contribution in [2.45, 2.75) is 50.0 Å². The van der Waals surface area contributed by atoms with E-state index < -0.39 is 6.36 Å². The van der Waals surface area contributed by atoms with Crippen molar-refractivity contribution >= 4 is 6.09 Å². The minimum atomic E-state index is -4.72. The number of ether oxygens (including phenoxy) is 2. The number of halogens is 3. The van der Waals surface area contributed by atoms with Crippen molar-refractivity contribution in [3.05, 3.63) is 101 Å². The molecule has 2 unspecified atom stereocenters. The van der Waals surface area contributed by atoms with Gasteiger partial charge < -0.3 is 9.47 Å². The fourth-order valence-electron chi connectivity index (χ4n) is 6.12. The molecule has 3 aromatic carbocycles. The van der Waals surface area contributed by atoms with Gasteiger partial charge in [0.15, 0.2) is 0 Å². The van der Waals surface area contributed by atoms with Crippen molar-refractivity contribution in [1.29, 1.82) is 0 Å². The van der Waals surface area contributed by atoms with Crippen LogP contribution in [0.25, 0.3) is 11.1 Å². The number of rotatable bonds is 5. The molecule has 3 aliphatic rings. The Bertz CT molecular complexity index is 1320. The lowest BCUT2D eigenvalue weighted by molar-refractivity contribution is -0.274. The number of hydrogen-bond acceptors (Lipinski definition) is 3. The largest absolute Gasteiger partial charge is 0.573 e. The number of alkyl halides is 3. The third-order valence-corrected chi connectivity index (χ3v) is 7.58. The van der Waals surface area contributed by atoms with E-state index in [1.165, 1.54) is 34.4 Å². The van der Waals surface area contributed by atoms with Crippen LogP contribution in [0.1, 0.15) is 41.9 Å². The topological polar surface area (TPSA) is 38.8 Å². The summed E-state index contributed by atoms with van der Waals surface area (Å²) < 4.78 is 47.7. The van der Waals surface area contributed by atoms with E-state index in [1.54, 1.807) is 12.1 Å². The molecule has 4 nitrogen and oxygen atoms in total. The van der Waals surface area contributed by atoms with E-state index >= 15 is 0 Å². The Labute approximate surface area is 213 Å². The summed E-state index contributed by atoms with van der Waals surface area (Å²) in [5, 5.41) is 0. The molecule has 190 valence electrons. The molecule has 7 heteroatoms. The van der Waals surface area contributed by atoms with E-state index in [2.05, 4.69) is 35.1 Å². The summed E-state index contributed by atoms with van der Waals surface area (Å²) in [5.41, 5.74) is 6.61. The Kier molecular flexibility index (Phi) is 5.94. The molecule has 0 saturated carbocycles. The molecular weight excluding hydrogens is 479 g/mol. The number of carbonyl (C=O) groups excluding carboxylic acids is 1. The van der Waals surface area contributed by atoms with E-state index in [0.29, 0.717) is 12.8 Å². The number of nitrogens with zero attached hydrogens (tertiary/aromatic N) is 1. The fourth-order valence-corrected chi connectivity index (χ4v) is 6.12. The van der Waals surface area contributed by atoms with Crippen molar-refractivity contribution in [3.8, 4) is 16.9 Å². The molecule has 2 aliphatic heterocycles. The van der Waals surface area contributed by atoms with E-state index in [0.717, 1.165) is 24.0 Å². The van der Waals surface area contributed by atoms with Gasteiger partial charge in [0, 0.05) is 12.0 Å². The van der Waals surface area contributed by atoms with Gasteiger partial charge in [-0.15, -0.1) is 13.2 Å². The minimum absolute atomic E-state index is 0.0103. The molecule has 2 atom stereocenters. The smallest absolute Gasteiger partial charge is 0.448 e. The number of amides is 1. The first-order valence-corrected chi connectivity index (χ1v) is 12.5. The summed E-state index contributed by atoms with van der Waals surface area (Å²) in [7, 11) is 0. The van der Waals surface area contributed by atoms with E-state index in [-0.39, 0.29) is 36.5 Å². The van der Waals surface area contributed by atoms with E-state index in [1.807, 2.05) is 29.2 Å². The Balaban J connectivity index is 1.13. The van der Waals surface area contributed by atoms with Crippen molar-refractivity contribution in [1.82, 2.24) is 4.90 Å². The zero-order chi connectivity index (χ0) is 25.6. The SMILES string of the molecule is O=C(OCC1c2ccccc2-c2ccccc21)N1C2C=C(Cc3cccc(OC(F)(F)F)c3)CC1CC2. The van der Waals surface area contributed by atoms with Crippen LogP contribution < -0.4 is 4.74 Å². The van der Waals surface area contributed by atoms with Gasteiger partial charge in [0.2, 0.25) is 0 Å². The molecule has 2 heterocycles. The van der Waals surface area contributed by atoms with Crippen LogP contribution in [0.5, 0.6) is 5.75 Å². The summed E-state index contributed by atoms with van der Waals surface area (Å²) in [4.78, 5) is 15.1. The highest BCUT2D eigenvalue weighted by atomic mass is 19.4. The molecule has 0 aromatic heterocycles. The van der Waals surface area contributed by atoms with Gasteiger partial charge in [-0.2, -0.15) is 0 Å². The second-order valence-corrected chi connectivity index (χ2v) is 9.91. The third kappa shape index (κ3) is 4.70. The van der Waals surface area contributed by atoms with Crippen LogP contribution in [0.2, 0.25) is 0 Å². The average molecular weight is 506 g/mol. The molecule has 0 spiro atoms. The molecule has 2 bridgehead atoms. The fraction of sp³-hybridized carbons (Fsp3) is 0.300. The number of carbonyl (C=O) groups is 1. The van der Waals surface area contributed by atoms with Crippen LogP contribution >= 0.6 is 0 Å². The molecular formula is C30H26F3NO3. The normalized spacial score (nSPS) is 20.3. The van der Waals surface area contributed by atoms with Crippen LogP contribution in [0.3, 0.4) is 0 Å². The highest BCUT2D eigenvalue weighted by Crippen LogP contribution is 2.45. The van der Waals surface area contributed by atoms with Crippen molar-refractivity contribution < 1.29 is 27.4 Å². The molecule has 37 heavy (non-hydrogen) atoms. The number of benzene rings is 3. The summed E-state index contributed by atoms with van der Waals surface area (Å²) in [6.45, 7) is 0.283. The lowest BCUT2D eigenvalue weighted by atomic mass is 9.95. The van der Waals surface area contributed by atoms with Gasteiger partial charge in [-0.05, 0) is 65.6 Å². The van der Waals surface area contributed by atoms with Gasteiger partial charge in [0.1, 0.15) is 12.4 Å². The molecule has 0 radical (unpaired) electrons. The quantitative estimate of drug-likeness (QED) is 0.343. The van der Waals surface area contributed by atoms with Crippen LogP contribution in [-0.4, -0.2) is 36.0 Å². The maximum atomic E-state index is 13.2. The zero-order valence-corrected chi connectivity index (χ0v) is 20.1. The summed E-state index contributed by atoms with van der Waals surface area (Å²) in [6, 6.07) is 22.6. The molecule has 3 aromatic rings. The highest BCUT2D eigenvalue weighted by Gasteiger charge is 2.41.